The fourth-order valence-electron chi connectivity index (χ4n) is 9.00. The Labute approximate surface area is 232 Å². The molecule has 3 aliphatic carbocycles. The van der Waals surface area contributed by atoms with Gasteiger partial charge in [-0.05, 0) is 97.1 Å². The SMILES string of the molecule is C[C@]12CC[C@@H]3c4ccc(O)cc4CC[C@H]3[C@@H]1CC[C@@]21CN(Cc2ccccc2)[C@@H](Cc2ccccc2)C(=O)O1. The highest BCUT2D eigenvalue weighted by molar-refractivity contribution is 5.78. The van der Waals surface area contributed by atoms with Crippen LogP contribution in [0.1, 0.15) is 67.2 Å². The van der Waals surface area contributed by atoms with Crippen LogP contribution in [0, 0.1) is 17.3 Å². The van der Waals surface area contributed by atoms with Crippen molar-refractivity contribution in [3.05, 3.63) is 101 Å². The molecule has 1 aliphatic heterocycles. The van der Waals surface area contributed by atoms with Gasteiger partial charge in [-0.2, -0.15) is 0 Å². The van der Waals surface area contributed by atoms with Gasteiger partial charge in [0.2, 0.25) is 0 Å². The Morgan fingerprint density at radius 2 is 1.67 bits per heavy atom. The van der Waals surface area contributed by atoms with E-state index in [4.69, 9.17) is 4.74 Å². The van der Waals surface area contributed by atoms with Crippen LogP contribution in [0.2, 0.25) is 0 Å². The van der Waals surface area contributed by atoms with Crippen molar-refractivity contribution in [1.82, 2.24) is 4.90 Å². The van der Waals surface area contributed by atoms with Crippen LogP contribution in [-0.2, 0) is 28.9 Å². The topological polar surface area (TPSA) is 49.8 Å². The predicted octanol–water partition coefficient (Wildman–Crippen LogP) is 6.66. The van der Waals surface area contributed by atoms with Crippen LogP contribution in [0.15, 0.2) is 78.9 Å². The second-order valence-electron chi connectivity index (χ2n) is 12.8. The molecule has 4 aliphatic rings. The minimum Gasteiger partial charge on any atom is -0.508 e. The number of benzene rings is 3. The molecule has 202 valence electrons. The Hall–Kier alpha value is -3.11. The first-order valence-corrected chi connectivity index (χ1v) is 14.8. The fraction of sp³-hybridized carbons (Fsp3) is 0.457. The van der Waals surface area contributed by atoms with Crippen molar-refractivity contribution in [3.8, 4) is 5.75 Å². The smallest absolute Gasteiger partial charge is 0.324 e. The van der Waals surface area contributed by atoms with Gasteiger partial charge >= 0.3 is 5.97 Å². The van der Waals surface area contributed by atoms with Gasteiger partial charge in [0.05, 0.1) is 0 Å². The monoisotopic (exact) mass is 521 g/mol. The number of fused-ring (bicyclic) bond motifs is 6. The number of aromatic hydroxyl groups is 1. The lowest BCUT2D eigenvalue weighted by Gasteiger charge is -2.57. The molecular weight excluding hydrogens is 482 g/mol. The highest BCUT2D eigenvalue weighted by atomic mass is 16.6. The van der Waals surface area contributed by atoms with E-state index in [1.807, 2.05) is 18.2 Å². The van der Waals surface area contributed by atoms with Crippen molar-refractivity contribution in [2.45, 2.75) is 76.0 Å². The molecule has 3 aromatic carbocycles. The van der Waals surface area contributed by atoms with Gasteiger partial charge in [-0.1, -0.05) is 73.7 Å². The van der Waals surface area contributed by atoms with Crippen molar-refractivity contribution >= 4 is 5.97 Å². The van der Waals surface area contributed by atoms with E-state index in [-0.39, 0.29) is 17.4 Å². The first-order valence-electron chi connectivity index (χ1n) is 14.8. The zero-order chi connectivity index (χ0) is 26.6. The number of morpholine rings is 1. The van der Waals surface area contributed by atoms with Crippen LogP contribution in [0.3, 0.4) is 0 Å². The Morgan fingerprint density at radius 1 is 0.923 bits per heavy atom. The van der Waals surface area contributed by atoms with Gasteiger partial charge < -0.3 is 9.84 Å². The molecule has 4 heteroatoms. The summed E-state index contributed by atoms with van der Waals surface area (Å²) in [5, 5.41) is 10.1. The normalized spacial score (nSPS) is 33.7. The maximum atomic E-state index is 14.0. The van der Waals surface area contributed by atoms with Crippen molar-refractivity contribution in [1.29, 1.82) is 0 Å². The number of carbonyl (C=O) groups is 1. The van der Waals surface area contributed by atoms with Crippen molar-refractivity contribution in [3.63, 3.8) is 0 Å². The lowest BCUT2D eigenvalue weighted by molar-refractivity contribution is -0.209. The Balaban J connectivity index is 1.20. The Kier molecular flexibility index (Phi) is 6.08. The van der Waals surface area contributed by atoms with Crippen LogP contribution in [0.4, 0.5) is 0 Å². The molecule has 3 fully saturated rings. The molecule has 6 atom stereocenters. The molecule has 4 nitrogen and oxygen atoms in total. The Bertz CT molecular complexity index is 1360. The summed E-state index contributed by atoms with van der Waals surface area (Å²) in [4.78, 5) is 16.4. The second-order valence-corrected chi connectivity index (χ2v) is 12.8. The molecule has 1 N–H and O–H groups in total. The average Bonchev–Trinajstić information content (AvgIpc) is 3.22. The number of ether oxygens (including phenoxy) is 1. The van der Waals surface area contributed by atoms with Crippen LogP contribution in [0.25, 0.3) is 0 Å². The summed E-state index contributed by atoms with van der Waals surface area (Å²) in [6, 6.07) is 26.7. The van der Waals surface area contributed by atoms with Crippen LogP contribution in [0.5, 0.6) is 5.75 Å². The molecule has 0 amide bonds. The second kappa shape index (κ2) is 9.52. The first kappa shape index (κ1) is 24.9. The van der Waals surface area contributed by atoms with E-state index in [9.17, 15) is 9.90 Å². The maximum Gasteiger partial charge on any atom is 0.324 e. The molecule has 1 spiro atoms. The largest absolute Gasteiger partial charge is 0.508 e. The van der Waals surface area contributed by atoms with Gasteiger partial charge in [-0.15, -0.1) is 0 Å². The van der Waals surface area contributed by atoms with Crippen LogP contribution >= 0.6 is 0 Å². The van der Waals surface area contributed by atoms with Gasteiger partial charge in [0.1, 0.15) is 17.4 Å². The third kappa shape index (κ3) is 4.10. The van der Waals surface area contributed by atoms with E-state index in [1.165, 1.54) is 22.3 Å². The first-order chi connectivity index (χ1) is 19.0. The molecule has 3 aromatic rings. The molecule has 0 unspecified atom stereocenters. The molecule has 0 bridgehead atoms. The predicted molar refractivity (Wildman–Crippen MR) is 152 cm³/mol. The summed E-state index contributed by atoms with van der Waals surface area (Å²) in [7, 11) is 0. The number of phenolic OH excluding ortho intramolecular Hbond substituents is 1. The standard InChI is InChI=1S/C35H39NO3/c1-34-18-16-29-28-15-13-27(37)21-26(28)12-14-30(29)31(34)17-19-35(34)23-36(22-25-10-6-3-7-11-25)32(33(38)39-35)20-24-8-4-2-5-9-24/h2-11,13,15,21,29-32,37H,12,14,16-20,22-23H2,1H3/t29-,30-,31+,32+,34+,35-/m1/s1. The minimum atomic E-state index is -0.434. The summed E-state index contributed by atoms with van der Waals surface area (Å²) in [6.45, 7) is 4.01. The number of carbonyl (C=O) groups excluding carboxylic acids is 1. The van der Waals surface area contributed by atoms with Crippen LogP contribution in [-0.4, -0.2) is 34.2 Å². The number of esters is 1. The highest BCUT2D eigenvalue weighted by Crippen LogP contribution is 2.66. The molecule has 7 rings (SSSR count). The van der Waals surface area contributed by atoms with Crippen molar-refractivity contribution < 1.29 is 14.6 Å². The summed E-state index contributed by atoms with van der Waals surface area (Å²) >= 11 is 0. The van der Waals surface area contributed by atoms with E-state index in [1.54, 1.807) is 0 Å². The zero-order valence-electron chi connectivity index (χ0n) is 22.9. The summed E-state index contributed by atoms with van der Waals surface area (Å²) < 4.78 is 6.71. The van der Waals surface area contributed by atoms with E-state index >= 15 is 0 Å². The van der Waals surface area contributed by atoms with Gasteiger partial charge in [0.15, 0.2) is 0 Å². The molecular formula is C35H39NO3. The molecule has 0 radical (unpaired) electrons. The van der Waals surface area contributed by atoms with Crippen molar-refractivity contribution in [2.75, 3.05) is 6.54 Å². The molecule has 39 heavy (non-hydrogen) atoms. The maximum absolute atomic E-state index is 14.0. The number of phenols is 1. The number of aryl methyl sites for hydroxylation is 1. The lowest BCUT2D eigenvalue weighted by atomic mass is 9.53. The van der Waals surface area contributed by atoms with Gasteiger partial charge in [0, 0.05) is 18.5 Å². The fourth-order valence-corrected chi connectivity index (χ4v) is 9.00. The summed E-state index contributed by atoms with van der Waals surface area (Å²) in [6.07, 6.45) is 7.15. The van der Waals surface area contributed by atoms with Gasteiger partial charge in [-0.25, -0.2) is 0 Å². The van der Waals surface area contributed by atoms with Gasteiger partial charge in [0.25, 0.3) is 0 Å². The molecule has 0 aromatic heterocycles. The third-order valence-electron chi connectivity index (χ3n) is 11.0. The summed E-state index contributed by atoms with van der Waals surface area (Å²) in [5.41, 5.74) is 4.74. The van der Waals surface area contributed by atoms with Crippen molar-refractivity contribution in [2.24, 2.45) is 17.3 Å². The number of rotatable bonds is 4. The Morgan fingerprint density at radius 3 is 2.44 bits per heavy atom. The molecule has 2 saturated carbocycles. The number of nitrogens with zero attached hydrogens (tertiary/aromatic N) is 1. The quantitative estimate of drug-likeness (QED) is 0.390. The molecule has 1 heterocycles. The third-order valence-corrected chi connectivity index (χ3v) is 11.0. The minimum absolute atomic E-state index is 0.0229. The molecule has 1 saturated heterocycles. The van der Waals surface area contributed by atoms with E-state index in [0.29, 0.717) is 29.9 Å². The zero-order valence-corrected chi connectivity index (χ0v) is 22.9. The number of hydrogen-bond donors (Lipinski definition) is 1. The number of hydrogen-bond acceptors (Lipinski definition) is 4. The van der Waals surface area contributed by atoms with E-state index in [0.717, 1.165) is 51.6 Å². The van der Waals surface area contributed by atoms with Gasteiger partial charge in [-0.3, -0.25) is 9.69 Å². The highest BCUT2D eigenvalue weighted by Gasteiger charge is 2.66. The van der Waals surface area contributed by atoms with E-state index in [2.05, 4.69) is 72.5 Å². The van der Waals surface area contributed by atoms with E-state index < -0.39 is 5.60 Å². The summed E-state index contributed by atoms with van der Waals surface area (Å²) in [5.74, 6) is 2.05. The average molecular weight is 522 g/mol. The lowest BCUT2D eigenvalue weighted by Crippen LogP contribution is -2.65. The van der Waals surface area contributed by atoms with Crippen LogP contribution < -0.4 is 0 Å².